The molecular formula is C27H29N5O2. The Kier molecular flexibility index (Phi) is 6.01. The van der Waals surface area contributed by atoms with Gasteiger partial charge in [0, 0.05) is 48.4 Å². The number of benzene rings is 2. The molecule has 2 amide bonds. The molecule has 0 bridgehead atoms. The van der Waals surface area contributed by atoms with Crippen molar-refractivity contribution in [2.24, 2.45) is 0 Å². The van der Waals surface area contributed by atoms with Crippen LogP contribution in [-0.2, 0) is 17.8 Å². The van der Waals surface area contributed by atoms with Crippen LogP contribution in [0, 0.1) is 13.8 Å². The van der Waals surface area contributed by atoms with Gasteiger partial charge in [-0.2, -0.15) is 5.10 Å². The summed E-state index contributed by atoms with van der Waals surface area (Å²) in [7, 11) is 0. The van der Waals surface area contributed by atoms with Gasteiger partial charge in [0.25, 0.3) is 5.91 Å². The number of hydrogen-bond donors (Lipinski definition) is 1. The molecule has 0 spiro atoms. The van der Waals surface area contributed by atoms with Gasteiger partial charge in [-0.15, -0.1) is 0 Å². The fourth-order valence-electron chi connectivity index (χ4n) is 4.73. The number of likely N-dealkylation sites (tertiary alicyclic amines) is 1. The quantitative estimate of drug-likeness (QED) is 0.477. The van der Waals surface area contributed by atoms with E-state index in [9.17, 15) is 9.59 Å². The Bertz CT molecular complexity index is 1370. The molecule has 0 radical (unpaired) electrons. The fraction of sp³-hybridized carbons (Fsp3) is 0.333. The summed E-state index contributed by atoms with van der Waals surface area (Å²) in [6.07, 6.45) is 3.14. The van der Waals surface area contributed by atoms with E-state index >= 15 is 0 Å². The molecule has 1 aliphatic rings. The second kappa shape index (κ2) is 9.25. The van der Waals surface area contributed by atoms with Gasteiger partial charge in [0.1, 0.15) is 0 Å². The zero-order valence-corrected chi connectivity index (χ0v) is 19.7. The van der Waals surface area contributed by atoms with Crippen molar-refractivity contribution < 1.29 is 9.59 Å². The lowest BCUT2D eigenvalue weighted by atomic mass is 10.1. The van der Waals surface area contributed by atoms with E-state index in [0.29, 0.717) is 24.9 Å². The van der Waals surface area contributed by atoms with Gasteiger partial charge in [0.15, 0.2) is 5.65 Å². The van der Waals surface area contributed by atoms with Gasteiger partial charge in [-0.3, -0.25) is 9.59 Å². The lowest BCUT2D eigenvalue weighted by Crippen LogP contribution is -2.27. The lowest BCUT2D eigenvalue weighted by molar-refractivity contribution is -0.121. The van der Waals surface area contributed by atoms with Crippen molar-refractivity contribution in [1.82, 2.24) is 24.8 Å². The third kappa shape index (κ3) is 4.25. The van der Waals surface area contributed by atoms with Crippen LogP contribution in [0.4, 0.5) is 0 Å². The standard InChI is InChI=1S/C27H29N5O2/c1-18-22(19(2)32-26(29-18)23-7-3-4-8-24(23)30-32)13-14-25(33)28-17-20-9-11-21(12-10-20)27(34)31-15-5-6-16-31/h3-4,7-12H,5-6,13-17H2,1-2H3,(H,28,33). The predicted octanol–water partition coefficient (Wildman–Crippen LogP) is 3.98. The van der Waals surface area contributed by atoms with Gasteiger partial charge in [-0.05, 0) is 68.5 Å². The number of aryl methyl sites for hydroxylation is 2. The number of amides is 2. The summed E-state index contributed by atoms with van der Waals surface area (Å²) in [5.41, 5.74) is 6.46. The van der Waals surface area contributed by atoms with E-state index in [2.05, 4.69) is 5.32 Å². The van der Waals surface area contributed by atoms with E-state index in [4.69, 9.17) is 10.1 Å². The minimum absolute atomic E-state index is 0.0123. The summed E-state index contributed by atoms with van der Waals surface area (Å²) in [6.45, 7) is 6.15. The molecule has 3 heterocycles. The summed E-state index contributed by atoms with van der Waals surface area (Å²) in [5.74, 6) is 0.0798. The van der Waals surface area contributed by atoms with Crippen LogP contribution < -0.4 is 5.32 Å². The molecule has 2 aromatic heterocycles. The van der Waals surface area contributed by atoms with Crippen molar-refractivity contribution in [3.63, 3.8) is 0 Å². The van der Waals surface area contributed by atoms with Crippen LogP contribution in [0.2, 0.25) is 0 Å². The number of fused-ring (bicyclic) bond motifs is 3. The lowest BCUT2D eigenvalue weighted by Gasteiger charge is -2.15. The molecule has 34 heavy (non-hydrogen) atoms. The van der Waals surface area contributed by atoms with Crippen LogP contribution in [0.5, 0.6) is 0 Å². The molecule has 0 unspecified atom stereocenters. The molecule has 1 saturated heterocycles. The largest absolute Gasteiger partial charge is 0.352 e. The highest BCUT2D eigenvalue weighted by molar-refractivity contribution is 5.94. The van der Waals surface area contributed by atoms with Crippen molar-refractivity contribution in [2.45, 2.75) is 46.1 Å². The Hall–Kier alpha value is -3.74. The van der Waals surface area contributed by atoms with E-state index in [0.717, 1.165) is 65.0 Å². The molecule has 1 N–H and O–H groups in total. The first kappa shape index (κ1) is 22.1. The van der Waals surface area contributed by atoms with Crippen LogP contribution in [0.1, 0.15) is 52.1 Å². The molecule has 7 heteroatoms. The van der Waals surface area contributed by atoms with Crippen molar-refractivity contribution in [2.75, 3.05) is 13.1 Å². The van der Waals surface area contributed by atoms with Gasteiger partial charge in [0.05, 0.1) is 5.52 Å². The second-order valence-corrected chi connectivity index (χ2v) is 8.99. The van der Waals surface area contributed by atoms with Crippen molar-refractivity contribution >= 4 is 28.4 Å². The van der Waals surface area contributed by atoms with Gasteiger partial charge in [-0.1, -0.05) is 24.3 Å². The summed E-state index contributed by atoms with van der Waals surface area (Å²) < 4.78 is 1.88. The smallest absolute Gasteiger partial charge is 0.253 e. The summed E-state index contributed by atoms with van der Waals surface area (Å²) in [4.78, 5) is 31.7. The normalized spacial score (nSPS) is 13.6. The van der Waals surface area contributed by atoms with E-state index in [1.807, 2.05) is 71.8 Å². The molecule has 5 rings (SSSR count). The SMILES string of the molecule is Cc1nc2c3ccccc3nn2c(C)c1CCC(=O)NCc1ccc(C(=O)N2CCCC2)cc1. The molecule has 0 saturated carbocycles. The summed E-state index contributed by atoms with van der Waals surface area (Å²) >= 11 is 0. The molecule has 4 aromatic rings. The zero-order chi connectivity index (χ0) is 23.7. The number of aromatic nitrogens is 3. The van der Waals surface area contributed by atoms with E-state index < -0.39 is 0 Å². The maximum absolute atomic E-state index is 12.6. The minimum Gasteiger partial charge on any atom is -0.352 e. The van der Waals surface area contributed by atoms with Gasteiger partial charge >= 0.3 is 0 Å². The number of rotatable bonds is 6. The van der Waals surface area contributed by atoms with Crippen LogP contribution in [-0.4, -0.2) is 44.4 Å². The first-order valence-corrected chi connectivity index (χ1v) is 11.9. The molecule has 1 fully saturated rings. The number of carbonyl (C=O) groups excluding carboxylic acids is 2. The maximum Gasteiger partial charge on any atom is 0.253 e. The first-order valence-electron chi connectivity index (χ1n) is 11.9. The molecular weight excluding hydrogens is 426 g/mol. The highest BCUT2D eigenvalue weighted by Crippen LogP contribution is 2.23. The minimum atomic E-state index is -0.0123. The van der Waals surface area contributed by atoms with E-state index in [1.165, 1.54) is 0 Å². The average molecular weight is 456 g/mol. The first-order chi connectivity index (χ1) is 16.5. The molecule has 174 valence electrons. The van der Waals surface area contributed by atoms with Crippen LogP contribution in [0.25, 0.3) is 16.6 Å². The third-order valence-corrected chi connectivity index (χ3v) is 6.70. The Morgan fingerprint density at radius 3 is 2.50 bits per heavy atom. The highest BCUT2D eigenvalue weighted by Gasteiger charge is 2.19. The van der Waals surface area contributed by atoms with Crippen LogP contribution in [0.15, 0.2) is 48.5 Å². The number of carbonyl (C=O) groups is 2. The highest BCUT2D eigenvalue weighted by atomic mass is 16.2. The Morgan fingerprint density at radius 1 is 1.00 bits per heavy atom. The monoisotopic (exact) mass is 455 g/mol. The molecule has 1 aliphatic heterocycles. The summed E-state index contributed by atoms with van der Waals surface area (Å²) in [6, 6.07) is 15.5. The van der Waals surface area contributed by atoms with Crippen molar-refractivity contribution in [3.8, 4) is 0 Å². The fourth-order valence-corrected chi connectivity index (χ4v) is 4.73. The number of hydrogen-bond acceptors (Lipinski definition) is 4. The Balaban J connectivity index is 1.20. The Labute approximate surface area is 198 Å². The van der Waals surface area contributed by atoms with Gasteiger partial charge in [-0.25, -0.2) is 9.50 Å². The molecule has 0 aliphatic carbocycles. The number of nitrogens with one attached hydrogen (secondary N) is 1. The second-order valence-electron chi connectivity index (χ2n) is 8.99. The maximum atomic E-state index is 12.6. The topological polar surface area (TPSA) is 79.6 Å². The van der Waals surface area contributed by atoms with Crippen LogP contribution >= 0.6 is 0 Å². The zero-order valence-electron chi connectivity index (χ0n) is 19.7. The Morgan fingerprint density at radius 2 is 1.74 bits per heavy atom. The molecule has 7 nitrogen and oxygen atoms in total. The molecule has 2 aromatic carbocycles. The summed E-state index contributed by atoms with van der Waals surface area (Å²) in [5, 5.41) is 8.72. The van der Waals surface area contributed by atoms with Gasteiger partial charge < -0.3 is 10.2 Å². The molecule has 0 atom stereocenters. The predicted molar refractivity (Wildman–Crippen MR) is 132 cm³/mol. The van der Waals surface area contributed by atoms with E-state index in [1.54, 1.807) is 0 Å². The van der Waals surface area contributed by atoms with Crippen molar-refractivity contribution in [3.05, 3.63) is 76.6 Å². The van der Waals surface area contributed by atoms with Crippen LogP contribution in [0.3, 0.4) is 0 Å². The third-order valence-electron chi connectivity index (χ3n) is 6.70. The van der Waals surface area contributed by atoms with Crippen molar-refractivity contribution in [1.29, 1.82) is 0 Å². The van der Waals surface area contributed by atoms with Gasteiger partial charge in [0.2, 0.25) is 5.91 Å². The van der Waals surface area contributed by atoms with E-state index in [-0.39, 0.29) is 11.8 Å². The average Bonchev–Trinajstić information content (AvgIpc) is 3.51. The number of nitrogens with zero attached hydrogens (tertiary/aromatic N) is 4.